The first-order valence-electron chi connectivity index (χ1n) is 9.46. The zero-order chi connectivity index (χ0) is 21.5. The Morgan fingerprint density at radius 3 is 2.52 bits per heavy atom. The zero-order valence-corrected chi connectivity index (χ0v) is 17.6. The molecule has 1 aliphatic heterocycles. The van der Waals surface area contributed by atoms with E-state index >= 15 is 0 Å². The molecule has 1 atom stereocenters. The number of nitrogens with one attached hydrogen (secondary N) is 1. The molecule has 2 aromatic heterocycles. The number of hydrogen-bond acceptors (Lipinski definition) is 5. The van der Waals surface area contributed by atoms with E-state index in [2.05, 4.69) is 30.9 Å². The minimum absolute atomic E-state index is 0.0132. The highest BCUT2D eigenvalue weighted by molar-refractivity contribution is 9.10. The van der Waals surface area contributed by atoms with Crippen molar-refractivity contribution in [2.75, 3.05) is 4.90 Å². The minimum Gasteiger partial charge on any atom is -0.507 e. The highest BCUT2D eigenvalue weighted by Crippen LogP contribution is 2.41. The molecule has 0 saturated carbocycles. The van der Waals surface area contributed by atoms with Gasteiger partial charge in [-0.2, -0.15) is 0 Å². The molecular formula is C23H15BrN4O3. The van der Waals surface area contributed by atoms with Gasteiger partial charge in [-0.1, -0.05) is 46.3 Å². The SMILES string of the molecule is O=C1C(=O)N(c2nc3ccccc3[nH]2)C(c2cccnc2)/C1=C(\O)c1ccc(Br)cc1. The third-order valence-corrected chi connectivity index (χ3v) is 5.70. The van der Waals surface area contributed by atoms with Crippen LogP contribution in [0.2, 0.25) is 0 Å². The smallest absolute Gasteiger partial charge is 0.302 e. The molecule has 0 spiro atoms. The topological polar surface area (TPSA) is 99.2 Å². The highest BCUT2D eigenvalue weighted by Gasteiger charge is 2.48. The number of nitrogens with zero attached hydrogens (tertiary/aromatic N) is 3. The van der Waals surface area contributed by atoms with Gasteiger partial charge in [0.15, 0.2) is 0 Å². The number of aromatic amines is 1. The molecule has 31 heavy (non-hydrogen) atoms. The van der Waals surface area contributed by atoms with Gasteiger partial charge in [-0.15, -0.1) is 0 Å². The summed E-state index contributed by atoms with van der Waals surface area (Å²) >= 11 is 3.36. The number of ketones is 1. The summed E-state index contributed by atoms with van der Waals surface area (Å²) in [7, 11) is 0. The Balaban J connectivity index is 1.73. The second kappa shape index (κ2) is 7.48. The maximum atomic E-state index is 13.1. The van der Waals surface area contributed by atoms with Gasteiger partial charge in [0.2, 0.25) is 5.95 Å². The molecule has 0 radical (unpaired) electrons. The number of imidazole rings is 1. The molecule has 0 bridgehead atoms. The maximum absolute atomic E-state index is 13.1. The number of H-pyrrole nitrogens is 1. The van der Waals surface area contributed by atoms with E-state index in [1.807, 2.05) is 24.3 Å². The molecule has 152 valence electrons. The summed E-state index contributed by atoms with van der Waals surface area (Å²) in [4.78, 5) is 39.2. The van der Waals surface area contributed by atoms with Crippen molar-refractivity contribution in [2.45, 2.75) is 6.04 Å². The molecular weight excluding hydrogens is 460 g/mol. The number of anilines is 1. The fourth-order valence-corrected chi connectivity index (χ4v) is 3.99. The maximum Gasteiger partial charge on any atom is 0.302 e. The number of carbonyl (C=O) groups excluding carboxylic acids is 2. The normalized spacial score (nSPS) is 18.1. The van der Waals surface area contributed by atoms with Crippen LogP contribution in [0.3, 0.4) is 0 Å². The van der Waals surface area contributed by atoms with Crippen LogP contribution in [0.25, 0.3) is 16.8 Å². The van der Waals surface area contributed by atoms with Crippen LogP contribution >= 0.6 is 15.9 Å². The molecule has 1 fully saturated rings. The second-order valence-electron chi connectivity index (χ2n) is 7.04. The van der Waals surface area contributed by atoms with Crippen LogP contribution in [-0.2, 0) is 9.59 Å². The average molecular weight is 475 g/mol. The number of halogens is 1. The van der Waals surface area contributed by atoms with Crippen molar-refractivity contribution >= 4 is 50.4 Å². The Kier molecular flexibility index (Phi) is 4.63. The van der Waals surface area contributed by atoms with Crippen LogP contribution in [0.1, 0.15) is 17.2 Å². The summed E-state index contributed by atoms with van der Waals surface area (Å²) in [5, 5.41) is 11.0. The standard InChI is InChI=1S/C23H15BrN4O3/c24-15-9-7-13(8-10-15)20(29)18-19(14-4-3-11-25-12-14)28(22(31)21(18)30)23-26-16-5-1-2-6-17(16)27-23/h1-12,19,29H,(H,26,27)/b20-18+. The van der Waals surface area contributed by atoms with Crippen molar-refractivity contribution < 1.29 is 14.7 Å². The summed E-state index contributed by atoms with van der Waals surface area (Å²) in [6.07, 6.45) is 3.17. The lowest BCUT2D eigenvalue weighted by Gasteiger charge is -2.22. The van der Waals surface area contributed by atoms with Crippen molar-refractivity contribution in [1.29, 1.82) is 0 Å². The van der Waals surface area contributed by atoms with Gasteiger partial charge in [0.05, 0.1) is 22.6 Å². The van der Waals surface area contributed by atoms with Crippen molar-refractivity contribution in [3.63, 3.8) is 0 Å². The van der Waals surface area contributed by atoms with Gasteiger partial charge in [-0.25, -0.2) is 4.98 Å². The number of hydrogen-bond donors (Lipinski definition) is 2. The third-order valence-electron chi connectivity index (χ3n) is 5.17. The summed E-state index contributed by atoms with van der Waals surface area (Å²) in [5.41, 5.74) is 2.40. The Hall–Kier alpha value is -3.78. The molecule has 4 aromatic rings. The molecule has 2 aromatic carbocycles. The Bertz CT molecular complexity index is 1310. The van der Waals surface area contributed by atoms with E-state index in [0.717, 1.165) is 9.99 Å². The molecule has 1 saturated heterocycles. The first-order valence-corrected chi connectivity index (χ1v) is 10.3. The van der Waals surface area contributed by atoms with Crippen LogP contribution in [0.15, 0.2) is 83.1 Å². The summed E-state index contributed by atoms with van der Waals surface area (Å²) in [6, 6.07) is 16.8. The number of carbonyl (C=O) groups is 2. The summed E-state index contributed by atoms with van der Waals surface area (Å²) in [6.45, 7) is 0. The van der Waals surface area contributed by atoms with E-state index in [-0.39, 0.29) is 17.3 Å². The average Bonchev–Trinajstić information content (AvgIpc) is 3.33. The van der Waals surface area contributed by atoms with Crippen LogP contribution in [0, 0.1) is 0 Å². The molecule has 5 rings (SSSR count). The third kappa shape index (κ3) is 3.21. The minimum atomic E-state index is -0.877. The number of amides is 1. The number of aliphatic hydroxyl groups excluding tert-OH is 1. The molecule has 2 N–H and O–H groups in total. The number of aliphatic hydroxyl groups is 1. The molecule has 8 heteroatoms. The lowest BCUT2D eigenvalue weighted by Crippen LogP contribution is -2.30. The lowest BCUT2D eigenvalue weighted by molar-refractivity contribution is -0.132. The number of Topliss-reactive ketones (excluding diaryl/α,β-unsaturated/α-hetero) is 1. The fourth-order valence-electron chi connectivity index (χ4n) is 3.72. The van der Waals surface area contributed by atoms with Crippen molar-refractivity contribution in [3.8, 4) is 0 Å². The van der Waals surface area contributed by atoms with Crippen LogP contribution < -0.4 is 4.90 Å². The Labute approximate surface area is 185 Å². The largest absolute Gasteiger partial charge is 0.507 e. The molecule has 3 heterocycles. The van der Waals surface area contributed by atoms with Crippen molar-refractivity contribution in [3.05, 3.63) is 94.2 Å². The van der Waals surface area contributed by atoms with Gasteiger partial charge >= 0.3 is 5.91 Å². The van der Waals surface area contributed by atoms with Gasteiger partial charge in [0.25, 0.3) is 5.78 Å². The van der Waals surface area contributed by atoms with Crippen LogP contribution in [-0.4, -0.2) is 31.7 Å². The second-order valence-corrected chi connectivity index (χ2v) is 7.96. The van der Waals surface area contributed by atoms with Gasteiger partial charge in [0, 0.05) is 22.4 Å². The molecule has 1 unspecified atom stereocenters. The Morgan fingerprint density at radius 2 is 1.81 bits per heavy atom. The summed E-state index contributed by atoms with van der Waals surface area (Å²) < 4.78 is 0.829. The van der Waals surface area contributed by atoms with Crippen LogP contribution in [0.5, 0.6) is 0 Å². The van der Waals surface area contributed by atoms with E-state index < -0.39 is 17.7 Å². The van der Waals surface area contributed by atoms with Crippen molar-refractivity contribution in [2.24, 2.45) is 0 Å². The zero-order valence-electron chi connectivity index (χ0n) is 16.0. The van der Waals surface area contributed by atoms with E-state index in [0.29, 0.717) is 16.6 Å². The predicted molar refractivity (Wildman–Crippen MR) is 119 cm³/mol. The fraction of sp³-hybridized carbons (Fsp3) is 0.0435. The van der Waals surface area contributed by atoms with Gasteiger partial charge in [-0.05, 0) is 35.9 Å². The number of para-hydroxylation sites is 2. The lowest BCUT2D eigenvalue weighted by atomic mass is 9.96. The number of benzene rings is 2. The van der Waals surface area contributed by atoms with Gasteiger partial charge < -0.3 is 10.1 Å². The molecule has 7 nitrogen and oxygen atoms in total. The first-order chi connectivity index (χ1) is 15.0. The van der Waals surface area contributed by atoms with E-state index in [9.17, 15) is 14.7 Å². The predicted octanol–water partition coefficient (Wildman–Crippen LogP) is 4.35. The van der Waals surface area contributed by atoms with Crippen molar-refractivity contribution in [1.82, 2.24) is 15.0 Å². The summed E-state index contributed by atoms with van der Waals surface area (Å²) in [5.74, 6) is -1.58. The van der Waals surface area contributed by atoms with E-state index in [4.69, 9.17) is 0 Å². The van der Waals surface area contributed by atoms with Gasteiger partial charge in [-0.3, -0.25) is 19.5 Å². The molecule has 0 aliphatic carbocycles. The number of pyridine rings is 1. The number of fused-ring (bicyclic) bond motifs is 1. The van der Waals surface area contributed by atoms with Gasteiger partial charge in [0.1, 0.15) is 5.76 Å². The van der Waals surface area contributed by atoms with E-state index in [1.54, 1.807) is 48.8 Å². The number of aromatic nitrogens is 3. The number of rotatable bonds is 3. The monoisotopic (exact) mass is 474 g/mol. The quantitative estimate of drug-likeness (QED) is 0.261. The Morgan fingerprint density at radius 1 is 1.03 bits per heavy atom. The highest BCUT2D eigenvalue weighted by atomic mass is 79.9. The first kappa shape index (κ1) is 19.2. The van der Waals surface area contributed by atoms with Crippen LogP contribution in [0.4, 0.5) is 5.95 Å². The van der Waals surface area contributed by atoms with E-state index in [1.165, 1.54) is 4.90 Å². The molecule has 1 amide bonds. The molecule has 1 aliphatic rings.